The molecule has 2 atom stereocenters. The summed E-state index contributed by atoms with van der Waals surface area (Å²) < 4.78 is 16.0. The number of benzene rings is 2. The Morgan fingerprint density at radius 1 is 1.19 bits per heavy atom. The van der Waals surface area contributed by atoms with Gasteiger partial charge in [-0.25, -0.2) is 0 Å². The summed E-state index contributed by atoms with van der Waals surface area (Å²) in [6, 6.07) is 14.2. The van der Waals surface area contributed by atoms with E-state index in [1.54, 1.807) is 18.2 Å². The highest BCUT2D eigenvalue weighted by atomic mass is 35.5. The highest BCUT2D eigenvalue weighted by molar-refractivity contribution is 5.85. The largest absolute Gasteiger partial charge is 0.491 e. The number of nitrogens with one attached hydrogen (secondary N) is 1. The van der Waals surface area contributed by atoms with Crippen LogP contribution in [0.3, 0.4) is 0 Å². The SMILES string of the molecule is Cl.NC(CC(=O)NCC(O)COc1ccc2c(c1)OCO2)c1ccccc1. The van der Waals surface area contributed by atoms with Gasteiger partial charge < -0.3 is 30.4 Å². The van der Waals surface area contributed by atoms with E-state index in [1.807, 2.05) is 30.3 Å². The Kier molecular flexibility index (Phi) is 7.72. The summed E-state index contributed by atoms with van der Waals surface area (Å²) in [7, 11) is 0. The zero-order chi connectivity index (χ0) is 18.4. The van der Waals surface area contributed by atoms with E-state index in [-0.39, 0.29) is 50.7 Å². The Morgan fingerprint density at radius 3 is 2.70 bits per heavy atom. The van der Waals surface area contributed by atoms with Gasteiger partial charge >= 0.3 is 0 Å². The lowest BCUT2D eigenvalue weighted by Gasteiger charge is -2.15. The Hall–Kier alpha value is -2.48. The molecule has 27 heavy (non-hydrogen) atoms. The van der Waals surface area contributed by atoms with Crippen molar-refractivity contribution in [1.82, 2.24) is 5.32 Å². The second-order valence-electron chi connectivity index (χ2n) is 6.01. The Morgan fingerprint density at radius 2 is 1.93 bits per heavy atom. The van der Waals surface area contributed by atoms with Crippen LogP contribution in [0.25, 0.3) is 0 Å². The van der Waals surface area contributed by atoms with Gasteiger partial charge in [-0.05, 0) is 17.7 Å². The summed E-state index contributed by atoms with van der Waals surface area (Å²) in [5, 5.41) is 12.6. The van der Waals surface area contributed by atoms with E-state index in [2.05, 4.69) is 5.32 Å². The second kappa shape index (κ2) is 10.0. The van der Waals surface area contributed by atoms with Crippen LogP contribution in [-0.4, -0.2) is 37.1 Å². The molecule has 1 aliphatic rings. The Balaban J connectivity index is 0.00000261. The first-order chi connectivity index (χ1) is 12.6. The van der Waals surface area contributed by atoms with Gasteiger partial charge in [-0.2, -0.15) is 0 Å². The van der Waals surface area contributed by atoms with Gasteiger partial charge in [0.15, 0.2) is 11.5 Å². The number of halogens is 1. The van der Waals surface area contributed by atoms with Crippen LogP contribution in [0, 0.1) is 0 Å². The molecule has 2 unspecified atom stereocenters. The van der Waals surface area contributed by atoms with Crippen molar-refractivity contribution in [3.63, 3.8) is 0 Å². The molecule has 2 aromatic carbocycles. The average Bonchev–Trinajstić information content (AvgIpc) is 3.13. The first-order valence-corrected chi connectivity index (χ1v) is 8.39. The number of rotatable bonds is 8. The van der Waals surface area contributed by atoms with Crippen molar-refractivity contribution in [2.75, 3.05) is 19.9 Å². The normalized spacial score (nSPS) is 14.0. The first-order valence-electron chi connectivity index (χ1n) is 8.39. The minimum Gasteiger partial charge on any atom is -0.491 e. The molecule has 0 fully saturated rings. The molecule has 0 aromatic heterocycles. The zero-order valence-electron chi connectivity index (χ0n) is 14.7. The summed E-state index contributed by atoms with van der Waals surface area (Å²) in [6.45, 7) is 0.327. The molecule has 1 heterocycles. The van der Waals surface area contributed by atoms with Gasteiger partial charge in [-0.3, -0.25) is 4.79 Å². The zero-order valence-corrected chi connectivity index (χ0v) is 15.5. The smallest absolute Gasteiger partial charge is 0.231 e. The molecule has 0 saturated carbocycles. The number of carbonyl (C=O) groups is 1. The molecule has 2 aromatic rings. The van der Waals surface area contributed by atoms with Crippen molar-refractivity contribution in [1.29, 1.82) is 0 Å². The number of hydrogen-bond donors (Lipinski definition) is 3. The summed E-state index contributed by atoms with van der Waals surface area (Å²) in [6.07, 6.45) is -0.683. The molecule has 0 bridgehead atoms. The maximum Gasteiger partial charge on any atom is 0.231 e. The van der Waals surface area contributed by atoms with Crippen LogP contribution in [-0.2, 0) is 4.79 Å². The minimum absolute atomic E-state index is 0. The number of aliphatic hydroxyl groups is 1. The molecule has 3 rings (SSSR count). The van der Waals surface area contributed by atoms with Crippen molar-refractivity contribution in [3.8, 4) is 17.2 Å². The molecule has 0 aliphatic carbocycles. The van der Waals surface area contributed by atoms with Crippen molar-refractivity contribution in [2.45, 2.75) is 18.6 Å². The third-order valence-electron chi connectivity index (χ3n) is 3.95. The molecular weight excluding hydrogens is 372 g/mol. The molecule has 8 heteroatoms. The van der Waals surface area contributed by atoms with Crippen LogP contribution in [0.1, 0.15) is 18.0 Å². The summed E-state index contributed by atoms with van der Waals surface area (Å²) in [5.74, 6) is 1.62. The Labute approximate surface area is 163 Å². The van der Waals surface area contributed by atoms with Gasteiger partial charge in [0.2, 0.25) is 12.7 Å². The molecule has 4 N–H and O–H groups in total. The monoisotopic (exact) mass is 394 g/mol. The molecule has 0 radical (unpaired) electrons. The van der Waals surface area contributed by atoms with Crippen molar-refractivity contribution >= 4 is 18.3 Å². The van der Waals surface area contributed by atoms with Crippen LogP contribution in [0.2, 0.25) is 0 Å². The fourth-order valence-electron chi connectivity index (χ4n) is 2.54. The molecule has 0 spiro atoms. The van der Waals surface area contributed by atoms with Crippen LogP contribution < -0.4 is 25.3 Å². The topological polar surface area (TPSA) is 103 Å². The molecule has 1 aliphatic heterocycles. The van der Waals surface area contributed by atoms with Gasteiger partial charge in [-0.1, -0.05) is 30.3 Å². The lowest BCUT2D eigenvalue weighted by Crippen LogP contribution is -2.36. The third kappa shape index (κ3) is 6.02. The van der Waals surface area contributed by atoms with Crippen LogP contribution >= 0.6 is 12.4 Å². The molecule has 7 nitrogen and oxygen atoms in total. The van der Waals surface area contributed by atoms with Gasteiger partial charge in [0.25, 0.3) is 0 Å². The van der Waals surface area contributed by atoms with E-state index >= 15 is 0 Å². The number of carbonyl (C=O) groups excluding carboxylic acids is 1. The van der Waals surface area contributed by atoms with Crippen LogP contribution in [0.15, 0.2) is 48.5 Å². The van der Waals surface area contributed by atoms with Crippen LogP contribution in [0.5, 0.6) is 17.2 Å². The van der Waals surface area contributed by atoms with Gasteiger partial charge in [-0.15, -0.1) is 12.4 Å². The van der Waals surface area contributed by atoms with E-state index in [4.69, 9.17) is 19.9 Å². The number of hydrogen-bond acceptors (Lipinski definition) is 6. The second-order valence-corrected chi connectivity index (χ2v) is 6.01. The van der Waals surface area contributed by atoms with Crippen molar-refractivity contribution in [2.24, 2.45) is 5.73 Å². The lowest BCUT2D eigenvalue weighted by molar-refractivity contribution is -0.122. The Bertz CT molecular complexity index is 744. The van der Waals surface area contributed by atoms with Gasteiger partial charge in [0, 0.05) is 25.1 Å². The summed E-state index contributed by atoms with van der Waals surface area (Å²) in [4.78, 5) is 12.0. The van der Waals surface area contributed by atoms with E-state index in [9.17, 15) is 9.90 Å². The highest BCUT2D eigenvalue weighted by Gasteiger charge is 2.15. The van der Waals surface area contributed by atoms with E-state index < -0.39 is 6.10 Å². The fourth-order valence-corrected chi connectivity index (χ4v) is 2.54. The molecule has 1 amide bonds. The number of ether oxygens (including phenoxy) is 3. The third-order valence-corrected chi connectivity index (χ3v) is 3.95. The summed E-state index contributed by atoms with van der Waals surface area (Å²) in [5.41, 5.74) is 6.91. The molecule has 0 saturated heterocycles. The number of aliphatic hydroxyl groups excluding tert-OH is 1. The maximum absolute atomic E-state index is 12.0. The van der Waals surface area contributed by atoms with Crippen molar-refractivity contribution < 1.29 is 24.1 Å². The highest BCUT2D eigenvalue weighted by Crippen LogP contribution is 2.35. The van der Waals surface area contributed by atoms with E-state index in [0.29, 0.717) is 17.2 Å². The van der Waals surface area contributed by atoms with E-state index in [0.717, 1.165) is 5.56 Å². The van der Waals surface area contributed by atoms with Crippen LogP contribution in [0.4, 0.5) is 0 Å². The molecular formula is C19H23ClN2O5. The number of amides is 1. The maximum atomic E-state index is 12.0. The number of fused-ring (bicyclic) bond motifs is 1. The first kappa shape index (κ1) is 20.8. The fraction of sp³-hybridized carbons (Fsp3) is 0.316. The quantitative estimate of drug-likeness (QED) is 0.630. The van der Waals surface area contributed by atoms with Gasteiger partial charge in [0.1, 0.15) is 18.5 Å². The standard InChI is InChI=1S/C19H22N2O5.ClH/c20-16(13-4-2-1-3-5-13)9-19(23)21-10-14(22)11-24-15-6-7-17-18(8-15)26-12-25-17;/h1-8,14,16,22H,9-12,20H2,(H,21,23);1H. The molecule has 146 valence electrons. The number of nitrogens with two attached hydrogens (primary N) is 1. The van der Waals surface area contributed by atoms with Gasteiger partial charge in [0.05, 0.1) is 0 Å². The predicted molar refractivity (Wildman–Crippen MR) is 102 cm³/mol. The lowest BCUT2D eigenvalue weighted by atomic mass is 10.0. The average molecular weight is 395 g/mol. The van der Waals surface area contributed by atoms with Crippen molar-refractivity contribution in [3.05, 3.63) is 54.1 Å². The predicted octanol–water partition coefficient (Wildman–Crippen LogP) is 1.78. The minimum atomic E-state index is -0.836. The van der Waals surface area contributed by atoms with E-state index in [1.165, 1.54) is 0 Å². The summed E-state index contributed by atoms with van der Waals surface area (Å²) >= 11 is 0.